The van der Waals surface area contributed by atoms with E-state index in [0.717, 1.165) is 24.2 Å². The molecule has 0 aliphatic heterocycles. The number of esters is 1. The van der Waals surface area contributed by atoms with Crippen LogP contribution in [0.1, 0.15) is 31.6 Å². The van der Waals surface area contributed by atoms with E-state index in [-0.39, 0.29) is 22.7 Å². The first-order valence-electron chi connectivity index (χ1n) is 5.55. The Morgan fingerprint density at radius 3 is 2.67 bits per heavy atom. The Kier molecular flexibility index (Phi) is 5.62. The van der Waals surface area contributed by atoms with Crippen LogP contribution in [-0.4, -0.2) is 20.5 Å². The lowest BCUT2D eigenvalue weighted by atomic mass is 10.2. The lowest BCUT2D eigenvalue weighted by Crippen LogP contribution is -2.15. The molecule has 1 aromatic rings. The van der Waals surface area contributed by atoms with Crippen LogP contribution in [0, 0.1) is 0 Å². The predicted octanol–water partition coefficient (Wildman–Crippen LogP) is 2.95. The highest BCUT2D eigenvalue weighted by Gasteiger charge is 2.16. The van der Waals surface area contributed by atoms with Crippen molar-refractivity contribution in [3.63, 3.8) is 0 Å². The maximum absolute atomic E-state index is 11.6. The van der Waals surface area contributed by atoms with Gasteiger partial charge < -0.3 is 4.74 Å². The van der Waals surface area contributed by atoms with Crippen LogP contribution in [0.4, 0.5) is 0 Å². The van der Waals surface area contributed by atoms with Crippen LogP contribution >= 0.6 is 22.0 Å². The lowest BCUT2D eigenvalue weighted by Gasteiger charge is -2.11. The number of carbonyl (C=O) groups is 1. The number of halogens is 1. The quantitative estimate of drug-likeness (QED) is 0.598. The Bertz CT molecular complexity index is 507. The van der Waals surface area contributed by atoms with Crippen LogP contribution < -0.4 is 0 Å². The van der Waals surface area contributed by atoms with Gasteiger partial charge in [-0.05, 0) is 25.5 Å². The summed E-state index contributed by atoms with van der Waals surface area (Å²) < 4.78 is 27.3. The SMILES string of the molecule is CCCC(C)OC(=O)Cc1ccc(S(=O)(=O)Cl)s1. The molecule has 0 spiro atoms. The van der Waals surface area contributed by atoms with Gasteiger partial charge in [-0.1, -0.05) is 13.3 Å². The molecular weight excluding hydrogens is 296 g/mol. The third kappa shape index (κ3) is 4.96. The number of hydrogen-bond donors (Lipinski definition) is 0. The summed E-state index contributed by atoms with van der Waals surface area (Å²) in [7, 11) is 1.49. The Morgan fingerprint density at radius 1 is 1.50 bits per heavy atom. The first-order valence-corrected chi connectivity index (χ1v) is 8.68. The summed E-state index contributed by atoms with van der Waals surface area (Å²) in [6, 6.07) is 2.97. The van der Waals surface area contributed by atoms with E-state index in [1.165, 1.54) is 6.07 Å². The van der Waals surface area contributed by atoms with Gasteiger partial charge in [-0.25, -0.2) is 8.42 Å². The monoisotopic (exact) mass is 310 g/mol. The second-order valence-corrected chi connectivity index (χ2v) is 7.89. The number of hydrogen-bond acceptors (Lipinski definition) is 5. The van der Waals surface area contributed by atoms with Gasteiger partial charge in [0.05, 0.1) is 12.5 Å². The number of ether oxygens (including phenoxy) is 1. The van der Waals surface area contributed by atoms with Gasteiger partial charge in [-0.15, -0.1) is 11.3 Å². The van der Waals surface area contributed by atoms with Crippen molar-refractivity contribution in [1.29, 1.82) is 0 Å². The minimum Gasteiger partial charge on any atom is -0.462 e. The van der Waals surface area contributed by atoms with Crippen molar-refractivity contribution in [3.8, 4) is 0 Å². The minimum absolute atomic E-state index is 0.0496. The van der Waals surface area contributed by atoms with Gasteiger partial charge in [0.25, 0.3) is 9.05 Å². The van der Waals surface area contributed by atoms with E-state index in [1.54, 1.807) is 6.07 Å². The number of rotatable bonds is 6. The molecule has 0 aliphatic carbocycles. The summed E-state index contributed by atoms with van der Waals surface area (Å²) in [6.45, 7) is 3.85. The van der Waals surface area contributed by atoms with Crippen LogP contribution in [0.2, 0.25) is 0 Å². The number of carbonyl (C=O) groups excluding carboxylic acids is 1. The Morgan fingerprint density at radius 2 is 2.17 bits per heavy atom. The third-order valence-corrected chi connectivity index (χ3v) is 5.40. The van der Waals surface area contributed by atoms with E-state index < -0.39 is 9.05 Å². The number of thiophene rings is 1. The molecule has 0 aromatic carbocycles. The fourth-order valence-electron chi connectivity index (χ4n) is 1.46. The maximum atomic E-state index is 11.6. The first kappa shape index (κ1) is 15.5. The Hall–Kier alpha value is -0.590. The summed E-state index contributed by atoms with van der Waals surface area (Å²) in [4.78, 5) is 12.2. The largest absolute Gasteiger partial charge is 0.462 e. The van der Waals surface area contributed by atoms with E-state index in [0.29, 0.717) is 4.88 Å². The zero-order valence-electron chi connectivity index (χ0n) is 10.2. The van der Waals surface area contributed by atoms with E-state index in [1.807, 2.05) is 13.8 Å². The summed E-state index contributed by atoms with van der Waals surface area (Å²) in [6.07, 6.45) is 1.73. The Labute approximate surface area is 115 Å². The second kappa shape index (κ2) is 6.54. The van der Waals surface area contributed by atoms with Gasteiger partial charge in [0, 0.05) is 15.6 Å². The average Bonchev–Trinajstić information content (AvgIpc) is 2.65. The van der Waals surface area contributed by atoms with Gasteiger partial charge in [0.15, 0.2) is 0 Å². The molecule has 1 atom stereocenters. The molecule has 0 saturated heterocycles. The van der Waals surface area contributed by atoms with Gasteiger partial charge >= 0.3 is 5.97 Å². The standard InChI is InChI=1S/C11H15ClO4S2/c1-3-4-8(2)16-10(13)7-9-5-6-11(17-9)18(12,14)15/h5-6,8H,3-4,7H2,1-2H3. The molecule has 0 amide bonds. The molecule has 0 aliphatic rings. The van der Waals surface area contributed by atoms with E-state index in [2.05, 4.69) is 0 Å². The molecule has 4 nitrogen and oxygen atoms in total. The molecule has 102 valence electrons. The van der Waals surface area contributed by atoms with Gasteiger partial charge in [0.2, 0.25) is 0 Å². The van der Waals surface area contributed by atoms with E-state index in [4.69, 9.17) is 15.4 Å². The molecule has 0 bridgehead atoms. The molecule has 1 aromatic heterocycles. The predicted molar refractivity (Wildman–Crippen MR) is 71.5 cm³/mol. The van der Waals surface area contributed by atoms with Crippen molar-refractivity contribution < 1.29 is 17.9 Å². The average molecular weight is 311 g/mol. The van der Waals surface area contributed by atoms with Crippen molar-refractivity contribution in [2.45, 2.75) is 43.4 Å². The summed E-state index contributed by atoms with van der Waals surface area (Å²) in [5, 5.41) is 0. The van der Waals surface area contributed by atoms with Crippen molar-refractivity contribution in [1.82, 2.24) is 0 Å². The van der Waals surface area contributed by atoms with Gasteiger partial charge in [0.1, 0.15) is 4.21 Å². The van der Waals surface area contributed by atoms with Crippen LogP contribution in [0.15, 0.2) is 16.3 Å². The highest BCUT2D eigenvalue weighted by molar-refractivity contribution is 8.15. The van der Waals surface area contributed by atoms with Gasteiger partial charge in [-0.2, -0.15) is 0 Å². The minimum atomic E-state index is -3.71. The molecule has 1 unspecified atom stereocenters. The summed E-state index contributed by atoms with van der Waals surface area (Å²) >= 11 is 0.988. The van der Waals surface area contributed by atoms with Crippen molar-refractivity contribution in [3.05, 3.63) is 17.0 Å². The second-order valence-electron chi connectivity index (χ2n) is 3.92. The van der Waals surface area contributed by atoms with Crippen LogP contribution in [0.5, 0.6) is 0 Å². The molecule has 1 rings (SSSR count). The van der Waals surface area contributed by atoms with Crippen molar-refractivity contribution in [2.24, 2.45) is 0 Å². The zero-order chi connectivity index (χ0) is 13.8. The molecule has 0 radical (unpaired) electrons. The molecule has 18 heavy (non-hydrogen) atoms. The molecular formula is C11H15ClO4S2. The molecule has 7 heteroatoms. The molecule has 0 saturated carbocycles. The van der Waals surface area contributed by atoms with Crippen molar-refractivity contribution >= 4 is 37.0 Å². The zero-order valence-corrected chi connectivity index (χ0v) is 12.6. The topological polar surface area (TPSA) is 60.4 Å². The highest BCUT2D eigenvalue weighted by Crippen LogP contribution is 2.25. The molecule has 1 heterocycles. The summed E-state index contributed by atoms with van der Waals surface area (Å²) in [5.41, 5.74) is 0. The normalized spacial score (nSPS) is 13.3. The Balaban J connectivity index is 2.58. The summed E-state index contributed by atoms with van der Waals surface area (Å²) in [5.74, 6) is -0.351. The molecule has 0 N–H and O–H groups in total. The van der Waals surface area contributed by atoms with Crippen LogP contribution in [-0.2, 0) is 25.0 Å². The lowest BCUT2D eigenvalue weighted by molar-refractivity contribution is -0.147. The molecule has 0 fully saturated rings. The fourth-order valence-corrected chi connectivity index (χ4v) is 3.57. The third-order valence-electron chi connectivity index (χ3n) is 2.22. The van der Waals surface area contributed by atoms with Crippen molar-refractivity contribution in [2.75, 3.05) is 0 Å². The van der Waals surface area contributed by atoms with Crippen LogP contribution in [0.25, 0.3) is 0 Å². The fraction of sp³-hybridized carbons (Fsp3) is 0.545. The highest BCUT2D eigenvalue weighted by atomic mass is 35.7. The maximum Gasteiger partial charge on any atom is 0.311 e. The van der Waals surface area contributed by atoms with E-state index in [9.17, 15) is 13.2 Å². The van der Waals surface area contributed by atoms with E-state index >= 15 is 0 Å². The smallest absolute Gasteiger partial charge is 0.311 e. The first-order chi connectivity index (χ1) is 8.32. The van der Waals surface area contributed by atoms with Crippen LogP contribution in [0.3, 0.4) is 0 Å². The van der Waals surface area contributed by atoms with Gasteiger partial charge in [-0.3, -0.25) is 4.79 Å².